The molecule has 0 saturated carbocycles. The van der Waals surface area contributed by atoms with Crippen molar-refractivity contribution in [2.24, 2.45) is 11.1 Å². The number of anilines is 1. The zero-order chi connectivity index (χ0) is 28.3. The number of carbonyl (C=O) groups is 1. The smallest absolute Gasteiger partial charge is 0.335 e. The van der Waals surface area contributed by atoms with Gasteiger partial charge < -0.3 is 15.6 Å². The molecule has 38 heavy (non-hydrogen) atoms. The van der Waals surface area contributed by atoms with Crippen molar-refractivity contribution in [3.05, 3.63) is 65.2 Å². The number of carboxylic acids is 1. The molecule has 0 aliphatic rings. The number of sulfonamides is 1. The maximum absolute atomic E-state index is 13.2. The summed E-state index contributed by atoms with van der Waals surface area (Å²) in [6.07, 6.45) is 0.722. The van der Waals surface area contributed by atoms with Crippen molar-refractivity contribution < 1.29 is 23.1 Å². The molecule has 0 aliphatic heterocycles. The number of hydrogen-bond acceptors (Lipinski definition) is 7. The van der Waals surface area contributed by atoms with Crippen molar-refractivity contribution in [1.29, 1.82) is 0 Å². The van der Waals surface area contributed by atoms with Crippen LogP contribution in [0.1, 0.15) is 68.4 Å². The molecule has 9 nitrogen and oxygen atoms in total. The normalized spacial score (nSPS) is 12.8. The summed E-state index contributed by atoms with van der Waals surface area (Å²) >= 11 is 0. The minimum absolute atomic E-state index is 0.0121. The number of benzene rings is 2. The highest BCUT2D eigenvalue weighted by Crippen LogP contribution is 2.33. The molecule has 2 aromatic carbocycles. The van der Waals surface area contributed by atoms with Crippen LogP contribution in [-0.4, -0.2) is 42.1 Å². The van der Waals surface area contributed by atoms with Gasteiger partial charge in [0, 0.05) is 17.7 Å². The number of rotatable bonds is 10. The highest BCUT2D eigenvalue weighted by Gasteiger charge is 2.22. The van der Waals surface area contributed by atoms with Gasteiger partial charge in [0.1, 0.15) is 6.61 Å². The van der Waals surface area contributed by atoms with E-state index in [1.54, 1.807) is 6.07 Å². The monoisotopic (exact) mass is 540 g/mol. The van der Waals surface area contributed by atoms with Crippen molar-refractivity contribution in [3.8, 4) is 17.1 Å². The molecule has 0 fully saturated rings. The van der Waals surface area contributed by atoms with Gasteiger partial charge >= 0.3 is 5.97 Å². The van der Waals surface area contributed by atoms with Gasteiger partial charge in [-0.25, -0.2) is 22.9 Å². The predicted molar refractivity (Wildman–Crippen MR) is 148 cm³/mol. The Morgan fingerprint density at radius 1 is 1.11 bits per heavy atom. The standard InChI is InChI=1S/C28H36N4O5S/c1-17(2)22-12-7-9-18(3)25(22)23-14-24(37-16-20(29)15-28(4,5)6)31-27(30-23)32-38(35,36)21-11-8-10-19(13-21)26(33)34/h7-14,17,20H,15-16,29H2,1-6H3,(H,33,34)(H,30,31,32)/t20-/m1/s1. The summed E-state index contributed by atoms with van der Waals surface area (Å²) in [7, 11) is -4.20. The van der Waals surface area contributed by atoms with Crippen LogP contribution < -0.4 is 15.2 Å². The van der Waals surface area contributed by atoms with Crippen LogP contribution in [0.5, 0.6) is 5.88 Å². The van der Waals surface area contributed by atoms with Gasteiger partial charge in [0.25, 0.3) is 10.0 Å². The van der Waals surface area contributed by atoms with Gasteiger partial charge in [-0.1, -0.05) is 58.9 Å². The first-order valence-corrected chi connectivity index (χ1v) is 13.9. The van der Waals surface area contributed by atoms with Gasteiger partial charge in [-0.15, -0.1) is 0 Å². The second-order valence-electron chi connectivity index (χ2n) is 10.9. The van der Waals surface area contributed by atoms with E-state index < -0.39 is 16.0 Å². The average molecular weight is 541 g/mol. The lowest BCUT2D eigenvalue weighted by Gasteiger charge is -2.23. The molecule has 1 atom stereocenters. The number of nitrogens with zero attached hydrogens (tertiary/aromatic N) is 2. The van der Waals surface area contributed by atoms with Crippen LogP contribution in [0.2, 0.25) is 0 Å². The van der Waals surface area contributed by atoms with Gasteiger partial charge in [-0.05, 0) is 54.0 Å². The third-order valence-electron chi connectivity index (χ3n) is 5.82. The van der Waals surface area contributed by atoms with Crippen molar-refractivity contribution >= 4 is 21.9 Å². The minimum Gasteiger partial charge on any atom is -0.478 e. The second-order valence-corrected chi connectivity index (χ2v) is 12.6. The fraction of sp³-hybridized carbons (Fsp3) is 0.393. The summed E-state index contributed by atoms with van der Waals surface area (Å²) < 4.78 is 34.6. The molecule has 4 N–H and O–H groups in total. The quantitative estimate of drug-likeness (QED) is 0.318. The maximum atomic E-state index is 13.2. The van der Waals surface area contributed by atoms with Crippen molar-refractivity contribution in [2.45, 2.75) is 64.8 Å². The number of hydrogen-bond donors (Lipinski definition) is 3. The molecule has 0 unspecified atom stereocenters. The third-order valence-corrected chi connectivity index (χ3v) is 7.15. The molecule has 0 aliphatic carbocycles. The van der Waals surface area contributed by atoms with E-state index in [2.05, 4.69) is 49.3 Å². The topological polar surface area (TPSA) is 144 Å². The third kappa shape index (κ3) is 7.52. The molecule has 0 spiro atoms. The van der Waals surface area contributed by atoms with Gasteiger partial charge in [-0.2, -0.15) is 4.98 Å². The maximum Gasteiger partial charge on any atom is 0.335 e. The lowest BCUT2D eigenvalue weighted by molar-refractivity contribution is 0.0696. The molecular weight excluding hydrogens is 504 g/mol. The van der Waals surface area contributed by atoms with Gasteiger partial charge in [0.2, 0.25) is 11.8 Å². The zero-order valence-corrected chi connectivity index (χ0v) is 23.5. The lowest BCUT2D eigenvalue weighted by atomic mass is 9.89. The molecule has 1 aromatic heterocycles. The summed E-state index contributed by atoms with van der Waals surface area (Å²) in [4.78, 5) is 20.0. The fourth-order valence-electron chi connectivity index (χ4n) is 4.21. The summed E-state index contributed by atoms with van der Waals surface area (Å²) in [6.45, 7) is 12.6. The summed E-state index contributed by atoms with van der Waals surface area (Å²) in [5, 5.41) is 9.27. The first kappa shape index (κ1) is 29.1. The zero-order valence-electron chi connectivity index (χ0n) is 22.6. The Morgan fingerprint density at radius 2 is 1.79 bits per heavy atom. The van der Waals surface area contributed by atoms with E-state index >= 15 is 0 Å². The van der Waals surface area contributed by atoms with Crippen LogP contribution in [0.4, 0.5) is 5.95 Å². The van der Waals surface area contributed by atoms with Crippen LogP contribution in [0, 0.1) is 12.3 Å². The first-order valence-electron chi connectivity index (χ1n) is 12.4. The molecule has 204 valence electrons. The van der Waals surface area contributed by atoms with Crippen LogP contribution in [0.3, 0.4) is 0 Å². The lowest BCUT2D eigenvalue weighted by Crippen LogP contribution is -2.32. The number of ether oxygens (including phenoxy) is 1. The van der Waals surface area contributed by atoms with E-state index in [4.69, 9.17) is 10.5 Å². The van der Waals surface area contributed by atoms with E-state index in [0.29, 0.717) is 5.69 Å². The molecular formula is C28H36N4O5S. The number of aromatic nitrogens is 2. The minimum atomic E-state index is -4.20. The number of carboxylic acid groups (broad SMARTS) is 1. The van der Waals surface area contributed by atoms with Crippen LogP contribution in [0.25, 0.3) is 11.3 Å². The second kappa shape index (κ2) is 11.5. The predicted octanol–water partition coefficient (Wildman–Crippen LogP) is 5.22. The highest BCUT2D eigenvalue weighted by molar-refractivity contribution is 7.92. The number of aryl methyl sites for hydroxylation is 1. The van der Waals surface area contributed by atoms with Crippen LogP contribution in [0.15, 0.2) is 53.4 Å². The Kier molecular flexibility index (Phi) is 8.79. The Morgan fingerprint density at radius 3 is 2.42 bits per heavy atom. The SMILES string of the molecule is Cc1cccc(C(C)C)c1-c1cc(OC[C@H](N)CC(C)(C)C)nc(NS(=O)(=O)c2cccc(C(=O)O)c2)n1. The Bertz CT molecular complexity index is 1410. The van der Waals surface area contributed by atoms with E-state index in [9.17, 15) is 18.3 Å². The number of nitrogens with one attached hydrogen (secondary N) is 1. The van der Waals surface area contributed by atoms with Gasteiger partial charge in [0.15, 0.2) is 0 Å². The van der Waals surface area contributed by atoms with E-state index in [0.717, 1.165) is 29.2 Å². The molecule has 1 heterocycles. The molecule has 0 bridgehead atoms. The molecule has 3 rings (SSSR count). The van der Waals surface area contributed by atoms with E-state index in [1.807, 2.05) is 25.1 Å². The molecule has 0 saturated heterocycles. The Hall–Kier alpha value is -3.50. The summed E-state index contributed by atoms with van der Waals surface area (Å²) in [5.74, 6) is -1.07. The molecule has 10 heteroatoms. The van der Waals surface area contributed by atoms with Crippen molar-refractivity contribution in [2.75, 3.05) is 11.3 Å². The molecule has 0 amide bonds. The number of aromatic carboxylic acids is 1. The van der Waals surface area contributed by atoms with Crippen LogP contribution in [-0.2, 0) is 10.0 Å². The highest BCUT2D eigenvalue weighted by atomic mass is 32.2. The Balaban J connectivity index is 2.06. The van der Waals surface area contributed by atoms with Gasteiger partial charge in [0.05, 0.1) is 16.2 Å². The van der Waals surface area contributed by atoms with Gasteiger partial charge in [-0.3, -0.25) is 0 Å². The summed E-state index contributed by atoms with van der Waals surface area (Å²) in [6, 6.07) is 12.4. The molecule has 3 aromatic rings. The number of nitrogens with two attached hydrogens (primary N) is 1. The van der Waals surface area contributed by atoms with Crippen molar-refractivity contribution in [1.82, 2.24) is 9.97 Å². The molecule has 0 radical (unpaired) electrons. The largest absolute Gasteiger partial charge is 0.478 e. The fourth-order valence-corrected chi connectivity index (χ4v) is 5.20. The first-order chi connectivity index (χ1) is 17.7. The van der Waals surface area contributed by atoms with E-state index in [1.165, 1.54) is 18.2 Å². The Labute approximate surface area is 224 Å². The van der Waals surface area contributed by atoms with E-state index in [-0.39, 0.29) is 46.3 Å². The van der Waals surface area contributed by atoms with Crippen molar-refractivity contribution in [3.63, 3.8) is 0 Å². The summed E-state index contributed by atoms with van der Waals surface area (Å²) in [5.41, 5.74) is 9.50. The van der Waals surface area contributed by atoms with Crippen LogP contribution >= 0.6 is 0 Å². The average Bonchev–Trinajstić information content (AvgIpc) is 2.81.